The highest BCUT2D eigenvalue weighted by atomic mass is 15.2. The molecule has 0 aliphatic rings. The van der Waals surface area contributed by atoms with E-state index in [9.17, 15) is 0 Å². The van der Waals surface area contributed by atoms with Gasteiger partial charge in [0.1, 0.15) is 0 Å². The van der Waals surface area contributed by atoms with Crippen LogP contribution in [0.4, 0.5) is 34.1 Å². The molecular weight excluding hydrogens is 1110 g/mol. The van der Waals surface area contributed by atoms with E-state index in [0.29, 0.717) is 0 Å². The number of benzene rings is 17. The molecule has 0 N–H and O–H groups in total. The molecule has 17 aromatic carbocycles. The topological polar surface area (TPSA) is 6.48 Å². The average Bonchev–Trinajstić information content (AvgIpc) is 0.714. The summed E-state index contributed by atoms with van der Waals surface area (Å²) < 4.78 is 0. The Labute approximate surface area is 536 Å². The van der Waals surface area contributed by atoms with Crippen molar-refractivity contribution in [3.8, 4) is 44.5 Å². The number of fused-ring (bicyclic) bond motifs is 8. The molecule has 0 aliphatic carbocycles. The van der Waals surface area contributed by atoms with Gasteiger partial charge in [-0.25, -0.2) is 0 Å². The molecule has 2 nitrogen and oxygen atoms in total. The van der Waals surface area contributed by atoms with Crippen LogP contribution in [0.2, 0.25) is 0 Å². The molecule has 2 heteroatoms. The number of anilines is 6. The maximum atomic E-state index is 2.63. The molecule has 0 aromatic heterocycles. The number of hydrogen-bond donors (Lipinski definition) is 0. The predicted octanol–water partition coefficient (Wildman–Crippen LogP) is 25.8. The summed E-state index contributed by atoms with van der Waals surface area (Å²) in [6.45, 7) is 8.68. The molecule has 0 aliphatic heterocycles. The molecule has 0 heterocycles. The molecule has 17 aromatic rings. The van der Waals surface area contributed by atoms with Crippen molar-refractivity contribution in [2.24, 2.45) is 0 Å². The van der Waals surface area contributed by atoms with Gasteiger partial charge < -0.3 is 9.80 Å². The fourth-order valence-corrected chi connectivity index (χ4v) is 14.9. The average molecular weight is 1170 g/mol. The molecule has 434 valence electrons. The van der Waals surface area contributed by atoms with Gasteiger partial charge in [-0.1, -0.05) is 265 Å². The Hall–Kier alpha value is -11.6. The first-order valence-corrected chi connectivity index (χ1v) is 32.1. The lowest BCUT2D eigenvalue weighted by molar-refractivity contribution is 1.29. The largest absolute Gasteiger partial charge is 0.309 e. The summed E-state index contributed by atoms with van der Waals surface area (Å²) in [6, 6.07) is 119. The van der Waals surface area contributed by atoms with Crippen molar-refractivity contribution in [3.63, 3.8) is 0 Å². The first-order valence-electron chi connectivity index (χ1n) is 32.1. The summed E-state index contributed by atoms with van der Waals surface area (Å²) >= 11 is 0. The molecule has 92 heavy (non-hydrogen) atoms. The zero-order chi connectivity index (χ0) is 61.6. The Bertz CT molecular complexity index is 5110. The van der Waals surface area contributed by atoms with E-state index in [4.69, 9.17) is 0 Å². The monoisotopic (exact) mass is 1170 g/mol. The maximum absolute atomic E-state index is 2.63. The summed E-state index contributed by atoms with van der Waals surface area (Å²) in [5.74, 6) is 0. The van der Waals surface area contributed by atoms with E-state index < -0.39 is 0 Å². The van der Waals surface area contributed by atoms with Crippen LogP contribution < -0.4 is 9.80 Å². The molecule has 0 atom stereocenters. The van der Waals surface area contributed by atoms with Gasteiger partial charge in [0.25, 0.3) is 0 Å². The number of hydrogen-bond acceptors (Lipinski definition) is 2. The van der Waals surface area contributed by atoms with Gasteiger partial charge in [-0.15, -0.1) is 0 Å². The van der Waals surface area contributed by atoms with Gasteiger partial charge in [0, 0.05) is 44.3 Å². The Morgan fingerprint density at radius 2 is 0.359 bits per heavy atom. The van der Waals surface area contributed by atoms with Crippen LogP contribution in [0.15, 0.2) is 315 Å². The van der Waals surface area contributed by atoms with Crippen LogP contribution in [-0.2, 0) is 0 Å². The van der Waals surface area contributed by atoms with Gasteiger partial charge in [-0.05, 0) is 210 Å². The van der Waals surface area contributed by atoms with E-state index in [1.165, 1.54) is 109 Å². The van der Waals surface area contributed by atoms with Crippen molar-refractivity contribution in [3.05, 3.63) is 338 Å². The maximum Gasteiger partial charge on any atom is 0.0618 e. The smallest absolute Gasteiger partial charge is 0.0618 e. The van der Waals surface area contributed by atoms with Crippen molar-refractivity contribution in [1.82, 2.24) is 0 Å². The second-order valence-electron chi connectivity index (χ2n) is 25.0. The lowest BCUT2D eigenvalue weighted by atomic mass is 9.78. The quantitative estimate of drug-likeness (QED) is 0.126. The molecule has 0 amide bonds. The van der Waals surface area contributed by atoms with Gasteiger partial charge >= 0.3 is 0 Å². The number of rotatable bonds is 10. The van der Waals surface area contributed by atoms with Crippen LogP contribution in [0.3, 0.4) is 0 Å². The van der Waals surface area contributed by atoms with E-state index in [0.717, 1.165) is 77.9 Å². The summed E-state index contributed by atoms with van der Waals surface area (Å²) in [7, 11) is 0. The van der Waals surface area contributed by atoms with Crippen LogP contribution in [0.5, 0.6) is 0 Å². The third-order valence-electron chi connectivity index (χ3n) is 19.2. The van der Waals surface area contributed by atoms with Crippen molar-refractivity contribution in [1.29, 1.82) is 0 Å². The van der Waals surface area contributed by atoms with Crippen LogP contribution in [0, 0.1) is 27.7 Å². The zero-order valence-electron chi connectivity index (χ0n) is 51.9. The summed E-state index contributed by atoms with van der Waals surface area (Å²) in [5.41, 5.74) is 21.0. The molecule has 0 saturated heterocycles. The first kappa shape index (κ1) is 54.6. The molecule has 0 unspecified atom stereocenters. The standard InChI is InChI=1S/C90H64N2/c1-57-37-45-65(46-38-57)91(66-47-39-58(2)40-48-66)89-77-33-17-13-29-73(77)87(74-30-14-18-34-78(74)89)83-55-82(86-71-27-11-7-23-63(71)54-64-24-8-12-28-72(64)86)84(56-81(83)85-69-25-9-5-21-61(69)53-62-22-6-10-26-70(62)85)88-75-31-15-19-35-79(75)90(80-36-20-16-32-76(80)88)92(67-49-41-59(3)42-50-67)68-51-43-60(4)44-52-68/h5-56H,1-4H3. The minimum atomic E-state index is 1.10. The Kier molecular flexibility index (Phi) is 13.1. The van der Waals surface area contributed by atoms with Crippen LogP contribution in [0.25, 0.3) is 131 Å². The predicted molar refractivity (Wildman–Crippen MR) is 397 cm³/mol. The molecule has 0 bridgehead atoms. The van der Waals surface area contributed by atoms with E-state index >= 15 is 0 Å². The molecule has 17 rings (SSSR count). The van der Waals surface area contributed by atoms with E-state index in [2.05, 4.69) is 353 Å². The van der Waals surface area contributed by atoms with Gasteiger partial charge in [-0.2, -0.15) is 0 Å². The van der Waals surface area contributed by atoms with Crippen LogP contribution >= 0.6 is 0 Å². The third kappa shape index (κ3) is 9.01. The molecular formula is C90H64N2. The van der Waals surface area contributed by atoms with E-state index in [1.54, 1.807) is 0 Å². The third-order valence-corrected chi connectivity index (χ3v) is 19.2. The van der Waals surface area contributed by atoms with Crippen molar-refractivity contribution >= 4 is 120 Å². The van der Waals surface area contributed by atoms with Crippen LogP contribution in [-0.4, -0.2) is 0 Å². The SMILES string of the molecule is Cc1ccc(N(c2ccc(C)cc2)c2c3ccccc3c(-c3cc(-c4c5ccccc5cc5ccccc45)c(-c4c5ccccc5c(N(c5ccc(C)cc5)c5ccc(C)cc5)c5ccccc45)cc3-c3c4ccccc4cc4ccccc34)c3ccccc23)cc1. The molecule has 0 radical (unpaired) electrons. The molecule has 0 saturated carbocycles. The van der Waals surface area contributed by atoms with Gasteiger partial charge in [0.05, 0.1) is 11.4 Å². The van der Waals surface area contributed by atoms with Gasteiger partial charge in [0.15, 0.2) is 0 Å². The van der Waals surface area contributed by atoms with Crippen molar-refractivity contribution in [2.75, 3.05) is 9.80 Å². The minimum Gasteiger partial charge on any atom is -0.309 e. The number of aryl methyl sites for hydroxylation is 4. The lowest BCUT2D eigenvalue weighted by Crippen LogP contribution is -2.12. The van der Waals surface area contributed by atoms with Crippen molar-refractivity contribution in [2.45, 2.75) is 27.7 Å². The Morgan fingerprint density at radius 1 is 0.174 bits per heavy atom. The first-order chi connectivity index (χ1) is 45.3. The lowest BCUT2D eigenvalue weighted by Gasteiger charge is -2.31. The van der Waals surface area contributed by atoms with Crippen LogP contribution in [0.1, 0.15) is 22.3 Å². The number of nitrogens with zero attached hydrogens (tertiary/aromatic N) is 2. The molecule has 0 spiro atoms. The van der Waals surface area contributed by atoms with Gasteiger partial charge in [-0.3, -0.25) is 0 Å². The fraction of sp³-hybridized carbons (Fsp3) is 0.0444. The van der Waals surface area contributed by atoms with E-state index in [1.807, 2.05) is 0 Å². The Balaban J connectivity index is 1.09. The van der Waals surface area contributed by atoms with E-state index in [-0.39, 0.29) is 0 Å². The Morgan fingerprint density at radius 3 is 0.587 bits per heavy atom. The summed E-state index contributed by atoms with van der Waals surface area (Å²) in [6.07, 6.45) is 0. The zero-order valence-corrected chi connectivity index (χ0v) is 51.9. The highest BCUT2D eigenvalue weighted by Crippen LogP contribution is 2.57. The van der Waals surface area contributed by atoms with Crippen molar-refractivity contribution < 1.29 is 0 Å². The highest BCUT2D eigenvalue weighted by molar-refractivity contribution is 6.29. The van der Waals surface area contributed by atoms with Gasteiger partial charge in [0.2, 0.25) is 0 Å². The normalized spacial score (nSPS) is 11.7. The second kappa shape index (κ2) is 22.2. The molecule has 0 fully saturated rings. The minimum absolute atomic E-state index is 1.10. The summed E-state index contributed by atoms with van der Waals surface area (Å²) in [4.78, 5) is 4.98. The summed E-state index contributed by atoms with van der Waals surface area (Å²) in [5, 5.41) is 18.9. The second-order valence-corrected chi connectivity index (χ2v) is 25.0. The fourth-order valence-electron chi connectivity index (χ4n) is 14.9. The highest BCUT2D eigenvalue weighted by Gasteiger charge is 2.30.